The molecule has 6 nitrogen and oxygen atoms in total. The molecule has 0 aliphatic rings. The summed E-state index contributed by atoms with van der Waals surface area (Å²) in [5, 5.41) is 1.30. The van der Waals surface area contributed by atoms with Crippen molar-refractivity contribution >= 4 is 44.5 Å². The van der Waals surface area contributed by atoms with Crippen molar-refractivity contribution in [3.8, 4) is 5.75 Å². The maximum absolute atomic E-state index is 11.8. The molecule has 3 aromatic rings. The smallest absolute Gasteiger partial charge is 0.253 e. The standard InChI is InChI=1S/C15H14N2O4S/c1-20-11-5-6-12-13(14(11)15(16)18)9-7-8(17-22(2)19)3-4-10(9)21-12/h3-7,17H,1-2H3,(H2,16,18). The highest BCUT2D eigenvalue weighted by atomic mass is 32.2. The Kier molecular flexibility index (Phi) is 3.50. The number of carbonyl (C=O) groups excluding carboxylic acids is 1. The third-order valence-corrected chi connectivity index (χ3v) is 3.85. The van der Waals surface area contributed by atoms with Crippen LogP contribution in [0.15, 0.2) is 34.7 Å². The van der Waals surface area contributed by atoms with Gasteiger partial charge in [0.05, 0.1) is 12.7 Å². The minimum Gasteiger partial charge on any atom is -0.496 e. The summed E-state index contributed by atoms with van der Waals surface area (Å²) < 4.78 is 25.1. The number of hydrogen-bond acceptors (Lipinski definition) is 4. The Morgan fingerprint density at radius 2 is 2.00 bits per heavy atom. The largest absolute Gasteiger partial charge is 0.496 e. The zero-order valence-corrected chi connectivity index (χ0v) is 12.8. The fraction of sp³-hybridized carbons (Fsp3) is 0.133. The first-order chi connectivity index (χ1) is 10.5. The van der Waals surface area contributed by atoms with E-state index in [9.17, 15) is 9.00 Å². The number of rotatable bonds is 4. The van der Waals surface area contributed by atoms with Crippen LogP contribution in [0.3, 0.4) is 0 Å². The van der Waals surface area contributed by atoms with Crippen LogP contribution in [0.2, 0.25) is 0 Å². The van der Waals surface area contributed by atoms with Gasteiger partial charge in [-0.3, -0.25) is 4.79 Å². The predicted octanol–water partition coefficient (Wildman–Crippen LogP) is 2.40. The lowest BCUT2D eigenvalue weighted by atomic mass is 10.0. The molecule has 0 aliphatic carbocycles. The first-order valence-electron chi connectivity index (χ1n) is 6.44. The summed E-state index contributed by atoms with van der Waals surface area (Å²) >= 11 is 0. The van der Waals surface area contributed by atoms with Gasteiger partial charge in [0.1, 0.15) is 27.9 Å². The lowest BCUT2D eigenvalue weighted by Gasteiger charge is -2.06. The van der Waals surface area contributed by atoms with Crippen LogP contribution in [-0.2, 0) is 11.0 Å². The summed E-state index contributed by atoms with van der Waals surface area (Å²) in [7, 11) is 0.277. The van der Waals surface area contributed by atoms with Gasteiger partial charge in [0, 0.05) is 22.7 Å². The van der Waals surface area contributed by atoms with Gasteiger partial charge < -0.3 is 19.6 Å². The zero-order valence-electron chi connectivity index (χ0n) is 12.0. The lowest BCUT2D eigenvalue weighted by Crippen LogP contribution is -2.12. The van der Waals surface area contributed by atoms with Crippen LogP contribution >= 0.6 is 0 Å². The highest BCUT2D eigenvalue weighted by Crippen LogP contribution is 2.36. The zero-order chi connectivity index (χ0) is 15.9. The number of fused-ring (bicyclic) bond motifs is 3. The average molecular weight is 318 g/mol. The summed E-state index contributed by atoms with van der Waals surface area (Å²) in [6.45, 7) is 0. The van der Waals surface area contributed by atoms with Gasteiger partial charge in [-0.15, -0.1) is 0 Å². The minimum absolute atomic E-state index is 0.272. The third-order valence-electron chi connectivity index (χ3n) is 3.33. The Hall–Kier alpha value is -2.54. The molecule has 0 bridgehead atoms. The van der Waals surface area contributed by atoms with Crippen molar-refractivity contribution in [2.24, 2.45) is 5.73 Å². The van der Waals surface area contributed by atoms with E-state index in [0.29, 0.717) is 33.4 Å². The molecule has 0 saturated heterocycles. The molecular formula is C15H14N2O4S. The predicted molar refractivity (Wildman–Crippen MR) is 86.5 cm³/mol. The van der Waals surface area contributed by atoms with Gasteiger partial charge in [-0.25, -0.2) is 4.21 Å². The number of nitrogens with one attached hydrogen (secondary N) is 1. The van der Waals surface area contributed by atoms with Crippen LogP contribution in [0.4, 0.5) is 5.69 Å². The quantitative estimate of drug-likeness (QED) is 0.772. The van der Waals surface area contributed by atoms with Crippen molar-refractivity contribution in [3.05, 3.63) is 35.9 Å². The topological polar surface area (TPSA) is 94.6 Å². The molecule has 1 amide bonds. The Morgan fingerprint density at radius 3 is 2.64 bits per heavy atom. The highest BCUT2D eigenvalue weighted by Gasteiger charge is 2.19. The van der Waals surface area contributed by atoms with Crippen LogP contribution in [0.1, 0.15) is 10.4 Å². The number of furan rings is 1. The van der Waals surface area contributed by atoms with E-state index in [4.69, 9.17) is 14.9 Å². The lowest BCUT2D eigenvalue weighted by molar-refractivity contribution is 0.0999. The molecule has 1 unspecified atom stereocenters. The SMILES string of the molecule is COc1ccc2oc3ccc(NS(C)=O)cc3c2c1C(N)=O. The van der Waals surface area contributed by atoms with Crippen molar-refractivity contribution in [2.45, 2.75) is 0 Å². The van der Waals surface area contributed by atoms with E-state index in [1.165, 1.54) is 13.4 Å². The van der Waals surface area contributed by atoms with E-state index in [-0.39, 0.29) is 5.56 Å². The minimum atomic E-state index is -1.20. The number of hydrogen-bond donors (Lipinski definition) is 2. The van der Waals surface area contributed by atoms with Gasteiger partial charge in [-0.2, -0.15) is 0 Å². The maximum Gasteiger partial charge on any atom is 0.253 e. The molecule has 114 valence electrons. The molecule has 0 saturated carbocycles. The summed E-state index contributed by atoms with van der Waals surface area (Å²) in [6.07, 6.45) is 1.54. The van der Waals surface area contributed by atoms with Gasteiger partial charge in [0.25, 0.3) is 5.91 Å². The molecule has 2 aromatic carbocycles. The van der Waals surface area contributed by atoms with Gasteiger partial charge >= 0.3 is 0 Å². The molecule has 0 fully saturated rings. The van der Waals surface area contributed by atoms with Crippen molar-refractivity contribution in [2.75, 3.05) is 18.1 Å². The highest BCUT2D eigenvalue weighted by molar-refractivity contribution is 7.85. The first kappa shape index (κ1) is 14.4. The summed E-state index contributed by atoms with van der Waals surface area (Å²) in [4.78, 5) is 11.8. The summed E-state index contributed by atoms with van der Waals surface area (Å²) in [5.41, 5.74) is 7.58. The number of amides is 1. The van der Waals surface area contributed by atoms with Gasteiger partial charge in [-0.1, -0.05) is 0 Å². The maximum atomic E-state index is 11.8. The number of methoxy groups -OCH3 is 1. The number of ether oxygens (including phenoxy) is 1. The number of anilines is 1. The Labute approximate surface area is 128 Å². The number of nitrogens with two attached hydrogens (primary N) is 1. The fourth-order valence-electron chi connectivity index (χ4n) is 2.49. The van der Waals surface area contributed by atoms with Crippen molar-refractivity contribution in [1.29, 1.82) is 0 Å². The van der Waals surface area contributed by atoms with E-state index < -0.39 is 16.9 Å². The molecule has 1 atom stereocenters. The van der Waals surface area contributed by atoms with Crippen LogP contribution in [0.5, 0.6) is 5.75 Å². The fourth-order valence-corrected chi connectivity index (χ4v) is 2.95. The molecule has 7 heteroatoms. The van der Waals surface area contributed by atoms with Crippen LogP contribution in [0.25, 0.3) is 21.9 Å². The Bertz CT molecular complexity index is 917. The molecular weight excluding hydrogens is 304 g/mol. The molecule has 0 aliphatic heterocycles. The Balaban J connectivity index is 2.38. The number of benzene rings is 2. The second kappa shape index (κ2) is 5.34. The summed E-state index contributed by atoms with van der Waals surface area (Å²) in [5.74, 6) is -0.206. The number of primary amides is 1. The van der Waals surface area contributed by atoms with Crippen molar-refractivity contribution < 1.29 is 18.2 Å². The average Bonchev–Trinajstić information content (AvgIpc) is 2.83. The van der Waals surface area contributed by atoms with Crippen LogP contribution in [-0.4, -0.2) is 23.5 Å². The Morgan fingerprint density at radius 1 is 1.27 bits per heavy atom. The van der Waals surface area contributed by atoms with E-state index >= 15 is 0 Å². The van der Waals surface area contributed by atoms with Gasteiger partial charge in [0.15, 0.2) is 0 Å². The monoisotopic (exact) mass is 318 g/mol. The molecule has 3 N–H and O–H groups in total. The third kappa shape index (κ3) is 2.29. The second-order valence-corrected chi connectivity index (χ2v) is 5.86. The second-order valence-electron chi connectivity index (χ2n) is 4.75. The normalized spacial score (nSPS) is 12.5. The van der Waals surface area contributed by atoms with E-state index in [0.717, 1.165) is 0 Å². The molecule has 0 radical (unpaired) electrons. The van der Waals surface area contributed by atoms with Crippen molar-refractivity contribution in [3.63, 3.8) is 0 Å². The van der Waals surface area contributed by atoms with Crippen LogP contribution in [0, 0.1) is 0 Å². The molecule has 22 heavy (non-hydrogen) atoms. The molecule has 1 heterocycles. The summed E-state index contributed by atoms with van der Waals surface area (Å²) in [6, 6.07) is 8.65. The first-order valence-corrected chi connectivity index (χ1v) is 8.00. The molecule has 0 spiro atoms. The van der Waals surface area contributed by atoms with E-state index in [1.54, 1.807) is 30.3 Å². The van der Waals surface area contributed by atoms with Crippen LogP contribution < -0.4 is 15.2 Å². The van der Waals surface area contributed by atoms with Crippen molar-refractivity contribution in [1.82, 2.24) is 0 Å². The van der Waals surface area contributed by atoms with E-state index in [1.807, 2.05) is 0 Å². The van der Waals surface area contributed by atoms with E-state index in [2.05, 4.69) is 4.72 Å². The molecule has 1 aromatic heterocycles. The number of carbonyl (C=O) groups is 1. The molecule has 3 rings (SSSR count). The van der Waals surface area contributed by atoms with Gasteiger partial charge in [-0.05, 0) is 30.3 Å². The van der Waals surface area contributed by atoms with Gasteiger partial charge in [0.2, 0.25) is 0 Å².